The molecule has 0 radical (unpaired) electrons. The zero-order valence-corrected chi connectivity index (χ0v) is 13.8. The summed E-state index contributed by atoms with van der Waals surface area (Å²) in [4.78, 5) is 0. The molecule has 3 rings (SSSR count). The molecule has 0 spiro atoms. The van der Waals surface area contributed by atoms with Crippen LogP contribution in [0, 0.1) is 11.8 Å². The second kappa shape index (κ2) is 5.43. The average molecular weight is 339 g/mol. The van der Waals surface area contributed by atoms with Gasteiger partial charge in [0, 0.05) is 16.8 Å². The van der Waals surface area contributed by atoms with Crippen molar-refractivity contribution in [2.24, 2.45) is 11.8 Å². The number of hydrogen-bond donors (Lipinski definition) is 1. The van der Waals surface area contributed by atoms with E-state index in [0.29, 0.717) is 18.3 Å². The van der Waals surface area contributed by atoms with Crippen molar-refractivity contribution in [2.45, 2.75) is 57.3 Å². The van der Waals surface area contributed by atoms with Crippen molar-refractivity contribution in [1.29, 1.82) is 0 Å². The maximum absolute atomic E-state index is 10.9. The SMILES string of the molecule is C[C@@H]1CC[C@@H]2[C@@H](C1)O[C@@H](c1ccc(Br)cc1)CC2(C)O. The lowest BCUT2D eigenvalue weighted by Crippen LogP contribution is -2.51. The summed E-state index contributed by atoms with van der Waals surface area (Å²) in [6.45, 7) is 4.28. The lowest BCUT2D eigenvalue weighted by Gasteiger charge is -2.49. The number of rotatable bonds is 1. The highest BCUT2D eigenvalue weighted by Gasteiger charge is 2.47. The van der Waals surface area contributed by atoms with Crippen LogP contribution in [0.5, 0.6) is 0 Å². The van der Waals surface area contributed by atoms with Crippen molar-refractivity contribution in [3.63, 3.8) is 0 Å². The zero-order chi connectivity index (χ0) is 14.3. The van der Waals surface area contributed by atoms with Crippen molar-refractivity contribution in [1.82, 2.24) is 0 Å². The standard InChI is InChI=1S/C17H23BrO2/c1-11-3-8-14-15(9-11)20-16(10-17(14,2)19)12-4-6-13(18)7-5-12/h4-7,11,14-16,19H,3,8-10H2,1-2H3/t11-,14-,15-,16-,17?/m1/s1. The van der Waals surface area contributed by atoms with Crippen LogP contribution in [0.3, 0.4) is 0 Å². The first-order valence-electron chi connectivity index (χ1n) is 7.59. The minimum Gasteiger partial charge on any atom is -0.390 e. The molecule has 20 heavy (non-hydrogen) atoms. The number of halogens is 1. The molecule has 5 atom stereocenters. The number of aliphatic hydroxyl groups is 1. The van der Waals surface area contributed by atoms with Gasteiger partial charge in [-0.1, -0.05) is 41.4 Å². The molecule has 1 aliphatic carbocycles. The Morgan fingerprint density at radius 1 is 1.25 bits per heavy atom. The van der Waals surface area contributed by atoms with Gasteiger partial charge in [0.15, 0.2) is 0 Å². The Morgan fingerprint density at radius 2 is 1.95 bits per heavy atom. The predicted molar refractivity (Wildman–Crippen MR) is 83.5 cm³/mol. The number of benzene rings is 1. The van der Waals surface area contributed by atoms with Gasteiger partial charge in [-0.2, -0.15) is 0 Å². The normalized spacial score (nSPS) is 41.2. The third kappa shape index (κ3) is 2.81. The molecule has 2 fully saturated rings. The molecule has 3 heteroatoms. The monoisotopic (exact) mass is 338 g/mol. The van der Waals surface area contributed by atoms with Gasteiger partial charge in [0.2, 0.25) is 0 Å². The molecule has 1 aliphatic heterocycles. The van der Waals surface area contributed by atoms with Gasteiger partial charge in [-0.05, 0) is 43.4 Å². The van der Waals surface area contributed by atoms with Crippen molar-refractivity contribution in [3.8, 4) is 0 Å². The summed E-state index contributed by atoms with van der Waals surface area (Å²) in [5.41, 5.74) is 0.561. The Kier molecular flexibility index (Phi) is 3.95. The van der Waals surface area contributed by atoms with Gasteiger partial charge in [0.1, 0.15) is 0 Å². The molecule has 1 aromatic carbocycles. The molecule has 0 aromatic heterocycles. The first kappa shape index (κ1) is 14.6. The van der Waals surface area contributed by atoms with Gasteiger partial charge in [0.05, 0.1) is 17.8 Å². The summed E-state index contributed by atoms with van der Waals surface area (Å²) >= 11 is 3.46. The highest BCUT2D eigenvalue weighted by molar-refractivity contribution is 9.10. The van der Waals surface area contributed by atoms with Gasteiger partial charge in [-0.25, -0.2) is 0 Å². The molecule has 1 unspecified atom stereocenters. The lowest BCUT2D eigenvalue weighted by atomic mass is 9.68. The van der Waals surface area contributed by atoms with Crippen molar-refractivity contribution >= 4 is 15.9 Å². The third-order valence-corrected chi connectivity index (χ3v) is 5.56. The summed E-state index contributed by atoms with van der Waals surface area (Å²) in [6.07, 6.45) is 4.30. The molecule has 2 nitrogen and oxygen atoms in total. The van der Waals surface area contributed by atoms with E-state index in [1.165, 1.54) is 12.0 Å². The maximum atomic E-state index is 10.9. The molecule has 1 N–H and O–H groups in total. The van der Waals surface area contributed by atoms with Crippen LogP contribution in [0.2, 0.25) is 0 Å². The molecule has 2 aliphatic rings. The highest BCUT2D eigenvalue weighted by atomic mass is 79.9. The minimum absolute atomic E-state index is 0.0182. The van der Waals surface area contributed by atoms with E-state index in [-0.39, 0.29) is 12.2 Å². The van der Waals surface area contributed by atoms with E-state index in [1.807, 2.05) is 19.1 Å². The molecular formula is C17H23BrO2. The van der Waals surface area contributed by atoms with Gasteiger partial charge >= 0.3 is 0 Å². The second-order valence-corrected chi connectivity index (χ2v) is 7.72. The van der Waals surface area contributed by atoms with E-state index >= 15 is 0 Å². The van der Waals surface area contributed by atoms with E-state index in [1.54, 1.807) is 0 Å². The van der Waals surface area contributed by atoms with E-state index in [9.17, 15) is 5.11 Å². The Labute approximate surface area is 129 Å². The first-order valence-corrected chi connectivity index (χ1v) is 8.38. The van der Waals surface area contributed by atoms with Crippen LogP contribution in [0.4, 0.5) is 0 Å². The van der Waals surface area contributed by atoms with Crippen LogP contribution in [-0.4, -0.2) is 16.8 Å². The van der Waals surface area contributed by atoms with Crippen LogP contribution >= 0.6 is 15.9 Å². The van der Waals surface area contributed by atoms with Crippen LogP contribution < -0.4 is 0 Å². The Hall–Kier alpha value is -0.380. The van der Waals surface area contributed by atoms with Gasteiger partial charge in [-0.15, -0.1) is 0 Å². The zero-order valence-electron chi connectivity index (χ0n) is 12.2. The van der Waals surface area contributed by atoms with Crippen molar-refractivity contribution in [2.75, 3.05) is 0 Å². The maximum Gasteiger partial charge on any atom is 0.0856 e. The molecule has 110 valence electrons. The minimum atomic E-state index is -0.610. The fourth-order valence-electron chi connectivity index (χ4n) is 3.85. The summed E-state index contributed by atoms with van der Waals surface area (Å²) in [7, 11) is 0. The smallest absolute Gasteiger partial charge is 0.0856 e. The summed E-state index contributed by atoms with van der Waals surface area (Å²) in [5, 5.41) is 10.9. The molecule has 0 bridgehead atoms. The number of fused-ring (bicyclic) bond motifs is 1. The van der Waals surface area contributed by atoms with Crippen molar-refractivity contribution < 1.29 is 9.84 Å². The summed E-state index contributed by atoms with van der Waals surface area (Å²) < 4.78 is 7.42. The topological polar surface area (TPSA) is 29.5 Å². The highest BCUT2D eigenvalue weighted by Crippen LogP contribution is 2.47. The lowest BCUT2D eigenvalue weighted by molar-refractivity contribution is -0.197. The summed E-state index contributed by atoms with van der Waals surface area (Å²) in [6, 6.07) is 8.28. The number of hydrogen-bond acceptors (Lipinski definition) is 2. The van der Waals surface area contributed by atoms with Crippen LogP contribution in [0.25, 0.3) is 0 Å². The first-order chi connectivity index (χ1) is 9.45. The van der Waals surface area contributed by atoms with E-state index in [4.69, 9.17) is 4.74 Å². The fraction of sp³-hybridized carbons (Fsp3) is 0.647. The van der Waals surface area contributed by atoms with Gasteiger partial charge in [-0.3, -0.25) is 0 Å². The molecule has 1 saturated carbocycles. The molecule has 0 amide bonds. The Bertz CT molecular complexity index is 468. The van der Waals surface area contributed by atoms with Gasteiger partial charge in [0.25, 0.3) is 0 Å². The van der Waals surface area contributed by atoms with Crippen LogP contribution in [-0.2, 0) is 4.74 Å². The Morgan fingerprint density at radius 3 is 2.65 bits per heavy atom. The molecular weight excluding hydrogens is 316 g/mol. The predicted octanol–water partition coefficient (Wildman–Crippen LogP) is 4.47. The average Bonchev–Trinajstić information content (AvgIpc) is 2.38. The van der Waals surface area contributed by atoms with Crippen LogP contribution in [0.15, 0.2) is 28.7 Å². The third-order valence-electron chi connectivity index (χ3n) is 5.03. The molecule has 1 aromatic rings. The largest absolute Gasteiger partial charge is 0.390 e. The quantitative estimate of drug-likeness (QED) is 0.818. The van der Waals surface area contributed by atoms with Gasteiger partial charge < -0.3 is 9.84 Å². The Balaban J connectivity index is 1.83. The summed E-state index contributed by atoms with van der Waals surface area (Å²) in [5.74, 6) is 1.00. The molecule has 1 saturated heterocycles. The van der Waals surface area contributed by atoms with Crippen molar-refractivity contribution in [3.05, 3.63) is 34.3 Å². The fourth-order valence-corrected chi connectivity index (χ4v) is 4.11. The van der Waals surface area contributed by atoms with E-state index in [2.05, 4.69) is 35.0 Å². The van der Waals surface area contributed by atoms with Crippen LogP contribution in [0.1, 0.15) is 51.2 Å². The van der Waals surface area contributed by atoms with E-state index in [0.717, 1.165) is 17.3 Å². The number of ether oxygens (including phenoxy) is 1. The molecule has 1 heterocycles. The van der Waals surface area contributed by atoms with E-state index < -0.39 is 5.60 Å². The second-order valence-electron chi connectivity index (χ2n) is 6.80.